The summed E-state index contributed by atoms with van der Waals surface area (Å²) in [5, 5.41) is 27.5. The maximum absolute atomic E-state index is 13.7. The minimum Gasteiger partial charge on any atom is -0.346 e. The third-order valence-electron chi connectivity index (χ3n) is 8.92. The molecule has 3 aromatic carbocycles. The number of hydrogen-bond donors (Lipinski definition) is 8. The van der Waals surface area contributed by atoms with Gasteiger partial charge in [0, 0.05) is 34.8 Å². The summed E-state index contributed by atoms with van der Waals surface area (Å²) in [6, 6.07) is 20.9. The topological polar surface area (TPSA) is 252 Å². The van der Waals surface area contributed by atoms with Crippen molar-refractivity contribution in [1.82, 2.24) is 36.6 Å². The lowest BCUT2D eigenvalue weighted by atomic mass is 9.81. The van der Waals surface area contributed by atoms with Crippen LogP contribution < -0.4 is 38.1 Å². The number of aromatic nitrogens is 4. The molecule has 0 bridgehead atoms. The van der Waals surface area contributed by atoms with Gasteiger partial charge in [0.25, 0.3) is 0 Å². The number of para-hydroxylation sites is 1. The van der Waals surface area contributed by atoms with Gasteiger partial charge < -0.3 is 38.1 Å². The lowest BCUT2D eigenvalue weighted by Crippen LogP contribution is -2.48. The molecule has 1 aliphatic carbocycles. The van der Waals surface area contributed by atoms with E-state index in [9.17, 15) is 24.0 Å². The Hall–Kier alpha value is -5.71. The van der Waals surface area contributed by atoms with Crippen LogP contribution in [0.2, 0.25) is 0 Å². The minimum atomic E-state index is -0.854. The molecule has 0 unspecified atom stereocenters. The zero-order valence-electron chi connectivity index (χ0n) is 29.0. The standard InChI is InChI=1S/C36H43N11O5.ClH/c37-18-23-7-11-26(12-8-23)35(51)43-30(36(52)41-27-15-13-25(14-16-27)34-44-46-47-45-34)17-22-5-9-24(10-6-22)28-3-1-2-4-29(28)42-33(50)21-40-32(49)20-39-31(48)19-38;/h1-6,9-10,13-16,23,26,30H,7-8,11-12,17-21,37-38H2,(H,39,48)(H,40,49)(H,41,52)(H,42,50)(H,43,51)(H,44,45,46,47);1H/t23-,26-,30-;/m0./s1. The molecule has 0 radical (unpaired) electrons. The Kier molecular flexibility index (Phi) is 15.0. The molecule has 4 aromatic rings. The molecule has 1 saturated carbocycles. The Morgan fingerprint density at radius 2 is 1.43 bits per heavy atom. The van der Waals surface area contributed by atoms with Crippen LogP contribution in [0.15, 0.2) is 72.8 Å². The van der Waals surface area contributed by atoms with Gasteiger partial charge in [0.05, 0.1) is 19.6 Å². The van der Waals surface area contributed by atoms with Gasteiger partial charge in [-0.25, -0.2) is 0 Å². The maximum atomic E-state index is 13.7. The summed E-state index contributed by atoms with van der Waals surface area (Å²) in [6.07, 6.45) is 3.45. The molecular formula is C36H44ClN11O5. The summed E-state index contributed by atoms with van der Waals surface area (Å²) in [7, 11) is 0. The van der Waals surface area contributed by atoms with Gasteiger partial charge in [-0.05, 0) is 84.8 Å². The average molecular weight is 746 g/mol. The Balaban J connectivity index is 0.00000627. The van der Waals surface area contributed by atoms with Gasteiger partial charge in [-0.15, -0.1) is 22.6 Å². The highest BCUT2D eigenvalue weighted by Gasteiger charge is 2.29. The fourth-order valence-electron chi connectivity index (χ4n) is 5.96. The molecule has 1 aromatic heterocycles. The van der Waals surface area contributed by atoms with Gasteiger partial charge >= 0.3 is 0 Å². The van der Waals surface area contributed by atoms with Gasteiger partial charge in [0.15, 0.2) is 0 Å². The molecule has 17 heteroatoms. The number of aromatic amines is 1. The van der Waals surface area contributed by atoms with Gasteiger partial charge in [-0.2, -0.15) is 5.21 Å². The molecule has 1 fully saturated rings. The summed E-state index contributed by atoms with van der Waals surface area (Å²) in [5.41, 5.74) is 15.2. The fraction of sp³-hybridized carbons (Fsp3) is 0.333. The van der Waals surface area contributed by atoms with Crippen molar-refractivity contribution < 1.29 is 24.0 Å². The summed E-state index contributed by atoms with van der Waals surface area (Å²) < 4.78 is 0. The number of halogens is 1. The van der Waals surface area contributed by atoms with Crippen LogP contribution in [0.3, 0.4) is 0 Å². The molecule has 10 N–H and O–H groups in total. The van der Waals surface area contributed by atoms with Crippen LogP contribution in [0, 0.1) is 11.8 Å². The first kappa shape index (κ1) is 40.1. The summed E-state index contributed by atoms with van der Waals surface area (Å²) in [4.78, 5) is 63.0. The lowest BCUT2D eigenvalue weighted by molar-refractivity contribution is -0.130. The molecule has 1 aliphatic rings. The number of carbonyl (C=O) groups excluding carboxylic acids is 5. The van der Waals surface area contributed by atoms with Crippen LogP contribution >= 0.6 is 12.4 Å². The molecule has 53 heavy (non-hydrogen) atoms. The van der Waals surface area contributed by atoms with E-state index in [1.54, 1.807) is 36.4 Å². The first-order valence-electron chi connectivity index (χ1n) is 17.1. The van der Waals surface area contributed by atoms with Crippen LogP contribution in [0.5, 0.6) is 0 Å². The quantitative estimate of drug-likeness (QED) is 0.0871. The van der Waals surface area contributed by atoms with E-state index in [0.717, 1.165) is 47.9 Å². The van der Waals surface area contributed by atoms with E-state index in [1.807, 2.05) is 36.4 Å². The zero-order chi connectivity index (χ0) is 36.9. The molecule has 5 rings (SSSR count). The second-order valence-corrected chi connectivity index (χ2v) is 12.6. The van der Waals surface area contributed by atoms with E-state index in [0.29, 0.717) is 29.7 Å². The van der Waals surface area contributed by atoms with E-state index in [4.69, 9.17) is 11.5 Å². The van der Waals surface area contributed by atoms with Crippen molar-refractivity contribution in [1.29, 1.82) is 0 Å². The Bertz CT molecular complexity index is 1830. The summed E-state index contributed by atoms with van der Waals surface area (Å²) >= 11 is 0. The van der Waals surface area contributed by atoms with Crippen molar-refractivity contribution in [3.63, 3.8) is 0 Å². The summed E-state index contributed by atoms with van der Waals surface area (Å²) in [5.74, 6) is -1.31. The van der Waals surface area contributed by atoms with Crippen molar-refractivity contribution in [3.05, 3.63) is 78.4 Å². The average Bonchev–Trinajstić information content (AvgIpc) is 3.72. The van der Waals surface area contributed by atoms with Crippen molar-refractivity contribution >= 4 is 53.3 Å². The minimum absolute atomic E-state index is 0. The van der Waals surface area contributed by atoms with Crippen LogP contribution in [0.4, 0.5) is 11.4 Å². The molecule has 5 amide bonds. The zero-order valence-corrected chi connectivity index (χ0v) is 29.8. The van der Waals surface area contributed by atoms with Crippen molar-refractivity contribution in [2.24, 2.45) is 23.3 Å². The summed E-state index contributed by atoms with van der Waals surface area (Å²) in [6.45, 7) is -0.218. The largest absolute Gasteiger partial charge is 0.346 e. The Morgan fingerprint density at radius 1 is 0.774 bits per heavy atom. The van der Waals surface area contributed by atoms with Crippen LogP contribution in [-0.4, -0.2) is 82.4 Å². The van der Waals surface area contributed by atoms with Gasteiger partial charge in [-0.3, -0.25) is 24.0 Å². The highest BCUT2D eigenvalue weighted by atomic mass is 35.5. The monoisotopic (exact) mass is 745 g/mol. The van der Waals surface area contributed by atoms with Crippen LogP contribution in [0.25, 0.3) is 22.5 Å². The van der Waals surface area contributed by atoms with Gasteiger partial charge in [-0.1, -0.05) is 42.5 Å². The molecule has 1 heterocycles. The molecule has 0 saturated heterocycles. The first-order chi connectivity index (χ1) is 25.2. The molecule has 0 aliphatic heterocycles. The second kappa shape index (κ2) is 19.8. The van der Waals surface area contributed by atoms with Gasteiger partial charge in [0.1, 0.15) is 6.04 Å². The highest BCUT2D eigenvalue weighted by molar-refractivity contribution is 5.99. The number of amides is 5. The number of nitrogens with one attached hydrogen (secondary N) is 6. The van der Waals surface area contributed by atoms with Crippen molar-refractivity contribution in [3.8, 4) is 22.5 Å². The molecule has 1 atom stereocenters. The Morgan fingerprint density at radius 3 is 2.09 bits per heavy atom. The number of rotatable bonds is 15. The SMILES string of the molecule is Cl.NCC(=O)NCC(=O)NCC(=O)Nc1ccccc1-c1ccc(C[C@H](NC(=O)[C@H]2CC[C@H](CN)CC2)C(=O)Nc2ccc(-c3nn[nH]n3)cc2)cc1. The highest BCUT2D eigenvalue weighted by Crippen LogP contribution is 2.30. The number of H-pyrrole nitrogens is 1. The number of tetrazole rings is 1. The molecule has 0 spiro atoms. The predicted octanol–water partition coefficient (Wildman–Crippen LogP) is 1.52. The van der Waals surface area contributed by atoms with Crippen LogP contribution in [-0.2, 0) is 30.4 Å². The van der Waals surface area contributed by atoms with Crippen LogP contribution in [0.1, 0.15) is 31.2 Å². The third-order valence-corrected chi connectivity index (χ3v) is 8.92. The normalized spacial score (nSPS) is 15.6. The van der Waals surface area contributed by atoms with Crippen molar-refractivity contribution in [2.45, 2.75) is 38.1 Å². The number of anilines is 2. The van der Waals surface area contributed by atoms with Gasteiger partial charge in [0.2, 0.25) is 35.4 Å². The smallest absolute Gasteiger partial charge is 0.247 e. The number of nitrogens with zero attached hydrogens (tertiary/aromatic N) is 3. The third kappa shape index (κ3) is 11.6. The van der Waals surface area contributed by atoms with E-state index < -0.39 is 23.8 Å². The fourth-order valence-corrected chi connectivity index (χ4v) is 5.96. The predicted molar refractivity (Wildman–Crippen MR) is 201 cm³/mol. The maximum Gasteiger partial charge on any atom is 0.247 e. The van der Waals surface area contributed by atoms with E-state index >= 15 is 0 Å². The number of hydrogen-bond acceptors (Lipinski definition) is 10. The number of carbonyl (C=O) groups is 5. The molecule has 16 nitrogen and oxygen atoms in total. The second-order valence-electron chi connectivity index (χ2n) is 12.6. The van der Waals surface area contributed by atoms with E-state index in [1.165, 1.54) is 0 Å². The number of benzene rings is 3. The first-order valence-corrected chi connectivity index (χ1v) is 17.1. The van der Waals surface area contributed by atoms with Crippen molar-refractivity contribution in [2.75, 3.05) is 36.8 Å². The molecular weight excluding hydrogens is 702 g/mol. The molecule has 280 valence electrons. The Labute approximate surface area is 312 Å². The lowest BCUT2D eigenvalue weighted by Gasteiger charge is -2.28. The van der Waals surface area contributed by atoms with E-state index in [2.05, 4.69) is 47.2 Å². The van der Waals surface area contributed by atoms with E-state index in [-0.39, 0.29) is 56.2 Å². The number of nitrogens with two attached hydrogens (primary N) is 2.